The van der Waals surface area contributed by atoms with E-state index in [4.69, 9.17) is 0 Å². The van der Waals surface area contributed by atoms with E-state index in [1.165, 1.54) is 24.3 Å². The molecular weight excluding hydrogens is 310 g/mol. The van der Waals surface area contributed by atoms with Gasteiger partial charge in [-0.1, -0.05) is 12.1 Å². The van der Waals surface area contributed by atoms with Crippen molar-refractivity contribution in [2.75, 3.05) is 5.32 Å². The van der Waals surface area contributed by atoms with Gasteiger partial charge >= 0.3 is 0 Å². The standard InChI is InChI=1S/C18H12F2N4/c19-12-3-1-11(2-4-12)15-9-21-17-16(15)10-22-18(24-17)23-14-7-5-13(20)6-8-14/h1-10H,(H2,21,22,23,24). The minimum atomic E-state index is -0.297. The summed E-state index contributed by atoms with van der Waals surface area (Å²) in [6.07, 6.45) is 3.42. The fraction of sp³-hybridized carbons (Fsp3) is 0. The summed E-state index contributed by atoms with van der Waals surface area (Å²) in [7, 11) is 0. The Balaban J connectivity index is 1.66. The molecule has 4 nitrogen and oxygen atoms in total. The van der Waals surface area contributed by atoms with Gasteiger partial charge in [-0.25, -0.2) is 18.7 Å². The zero-order valence-electron chi connectivity index (χ0n) is 12.4. The van der Waals surface area contributed by atoms with Crippen molar-refractivity contribution in [1.82, 2.24) is 15.0 Å². The van der Waals surface area contributed by atoms with Gasteiger partial charge in [-0.2, -0.15) is 0 Å². The first kappa shape index (κ1) is 14.3. The van der Waals surface area contributed by atoms with Crippen molar-refractivity contribution >= 4 is 11.6 Å². The highest BCUT2D eigenvalue weighted by Gasteiger charge is 2.14. The summed E-state index contributed by atoms with van der Waals surface area (Å²) in [6.45, 7) is 0. The predicted molar refractivity (Wildman–Crippen MR) is 88.1 cm³/mol. The van der Waals surface area contributed by atoms with Gasteiger partial charge < -0.3 is 10.3 Å². The number of fused-ring (bicyclic) bond motifs is 1. The van der Waals surface area contributed by atoms with Crippen LogP contribution in [0.5, 0.6) is 0 Å². The molecule has 2 aliphatic rings. The lowest BCUT2D eigenvalue weighted by Crippen LogP contribution is -1.99. The van der Waals surface area contributed by atoms with Crippen molar-refractivity contribution in [2.45, 2.75) is 0 Å². The van der Waals surface area contributed by atoms with Crippen molar-refractivity contribution in [3.63, 3.8) is 0 Å². The third kappa shape index (κ3) is 2.69. The van der Waals surface area contributed by atoms with E-state index in [2.05, 4.69) is 20.3 Å². The molecule has 118 valence electrons. The highest BCUT2D eigenvalue weighted by atomic mass is 19.1. The van der Waals surface area contributed by atoms with Crippen LogP contribution in [0.4, 0.5) is 20.4 Å². The molecule has 0 saturated carbocycles. The monoisotopic (exact) mass is 322 g/mol. The molecule has 2 heterocycles. The molecule has 0 radical (unpaired) electrons. The second-order valence-corrected chi connectivity index (χ2v) is 5.30. The summed E-state index contributed by atoms with van der Waals surface area (Å²) in [6, 6.07) is 12.2. The Morgan fingerprint density at radius 3 is 2.08 bits per heavy atom. The van der Waals surface area contributed by atoms with Crippen LogP contribution in [0.3, 0.4) is 0 Å². The molecule has 2 N–H and O–H groups in total. The van der Waals surface area contributed by atoms with E-state index in [-0.39, 0.29) is 11.6 Å². The average Bonchev–Trinajstić information content (AvgIpc) is 3.01. The van der Waals surface area contributed by atoms with E-state index in [0.717, 1.165) is 16.7 Å². The van der Waals surface area contributed by atoms with Gasteiger partial charge in [0.1, 0.15) is 17.5 Å². The van der Waals surface area contributed by atoms with Gasteiger partial charge in [0.2, 0.25) is 5.95 Å². The van der Waals surface area contributed by atoms with Crippen LogP contribution in [0.1, 0.15) is 0 Å². The number of rotatable bonds is 3. The Bertz CT molecular complexity index is 946. The Hall–Kier alpha value is -3.28. The number of nitrogens with one attached hydrogen (secondary N) is 2. The van der Waals surface area contributed by atoms with Crippen molar-refractivity contribution in [1.29, 1.82) is 0 Å². The number of anilines is 2. The Morgan fingerprint density at radius 2 is 1.38 bits per heavy atom. The number of benzene rings is 2. The third-order valence-corrected chi connectivity index (χ3v) is 3.69. The maximum atomic E-state index is 13.1. The van der Waals surface area contributed by atoms with Crippen molar-refractivity contribution in [3.05, 3.63) is 72.6 Å². The van der Waals surface area contributed by atoms with Crippen LogP contribution in [0, 0.1) is 11.6 Å². The van der Waals surface area contributed by atoms with Crippen molar-refractivity contribution in [3.8, 4) is 22.5 Å². The largest absolute Gasteiger partial charge is 0.326 e. The van der Waals surface area contributed by atoms with E-state index >= 15 is 0 Å². The predicted octanol–water partition coefficient (Wildman–Crippen LogP) is 4.60. The van der Waals surface area contributed by atoms with Gasteiger partial charge in [-0.15, -0.1) is 0 Å². The lowest BCUT2D eigenvalue weighted by atomic mass is 10.0. The number of aromatic nitrogens is 3. The Kier molecular flexibility index (Phi) is 3.42. The first-order valence-electron chi connectivity index (χ1n) is 7.31. The highest BCUT2D eigenvalue weighted by molar-refractivity contribution is 5.82. The molecule has 0 aliphatic carbocycles. The number of hydrogen-bond acceptors (Lipinski definition) is 3. The SMILES string of the molecule is Fc1ccc(Nc2ncc3c(-c4ccc(F)cc4)cnc-3[nH]2)cc1. The fourth-order valence-electron chi connectivity index (χ4n) is 2.49. The molecule has 0 bridgehead atoms. The quantitative estimate of drug-likeness (QED) is 0.579. The summed E-state index contributed by atoms with van der Waals surface area (Å²) in [5.74, 6) is 0.583. The van der Waals surface area contributed by atoms with Crippen LogP contribution < -0.4 is 5.32 Å². The van der Waals surface area contributed by atoms with Gasteiger partial charge in [0.15, 0.2) is 0 Å². The molecule has 0 unspecified atom stereocenters. The summed E-state index contributed by atoms with van der Waals surface area (Å²) in [5.41, 5.74) is 3.30. The van der Waals surface area contributed by atoms with Gasteiger partial charge in [-0.3, -0.25) is 0 Å². The maximum Gasteiger partial charge on any atom is 0.206 e. The first-order valence-corrected chi connectivity index (χ1v) is 7.31. The van der Waals surface area contributed by atoms with Crippen molar-refractivity contribution in [2.24, 2.45) is 0 Å². The number of nitrogens with zero attached hydrogens (tertiary/aromatic N) is 2. The molecular formula is C18H12F2N4. The molecule has 6 heteroatoms. The number of aromatic amines is 1. The minimum absolute atomic E-state index is 0.280. The van der Waals surface area contributed by atoms with E-state index in [1.807, 2.05) is 0 Å². The molecule has 0 saturated heterocycles. The Morgan fingerprint density at radius 1 is 0.750 bits per heavy atom. The third-order valence-electron chi connectivity index (χ3n) is 3.69. The van der Waals surface area contributed by atoms with E-state index < -0.39 is 0 Å². The summed E-state index contributed by atoms with van der Waals surface area (Å²) in [4.78, 5) is 11.8. The Labute approximate surface area is 136 Å². The lowest BCUT2D eigenvalue weighted by molar-refractivity contribution is 0.627. The number of H-pyrrole nitrogens is 1. The van der Waals surface area contributed by atoms with E-state index in [0.29, 0.717) is 17.5 Å². The average molecular weight is 322 g/mol. The molecule has 4 rings (SSSR count). The second kappa shape index (κ2) is 5.73. The van der Waals surface area contributed by atoms with Gasteiger partial charge in [-0.05, 0) is 42.0 Å². The second-order valence-electron chi connectivity index (χ2n) is 5.30. The maximum absolute atomic E-state index is 13.1. The molecule has 0 fully saturated rings. The van der Waals surface area contributed by atoms with Crippen LogP contribution >= 0.6 is 0 Å². The van der Waals surface area contributed by atoms with Gasteiger partial charge in [0.25, 0.3) is 0 Å². The molecule has 0 spiro atoms. The molecule has 2 aliphatic heterocycles. The van der Waals surface area contributed by atoms with Crippen LogP contribution in [-0.2, 0) is 0 Å². The smallest absolute Gasteiger partial charge is 0.206 e. The van der Waals surface area contributed by atoms with Crippen LogP contribution in [0.15, 0.2) is 60.9 Å². The molecule has 0 atom stereocenters. The van der Waals surface area contributed by atoms with Crippen LogP contribution in [0.25, 0.3) is 22.5 Å². The van der Waals surface area contributed by atoms with E-state index in [9.17, 15) is 8.78 Å². The summed E-state index contributed by atoms with van der Waals surface area (Å²) in [5, 5.41) is 3.06. The van der Waals surface area contributed by atoms with Crippen LogP contribution in [-0.4, -0.2) is 15.0 Å². The van der Waals surface area contributed by atoms with E-state index in [1.54, 1.807) is 36.7 Å². The molecule has 0 amide bonds. The van der Waals surface area contributed by atoms with Crippen LogP contribution in [0.2, 0.25) is 0 Å². The topological polar surface area (TPSA) is 53.6 Å². The number of hydrogen-bond donors (Lipinski definition) is 2. The normalized spacial score (nSPS) is 10.9. The molecule has 0 aromatic heterocycles. The fourth-order valence-corrected chi connectivity index (χ4v) is 2.49. The van der Waals surface area contributed by atoms with Gasteiger partial charge in [0.05, 0.1) is 0 Å². The highest BCUT2D eigenvalue weighted by Crippen LogP contribution is 2.32. The summed E-state index contributed by atoms with van der Waals surface area (Å²) < 4.78 is 26.0. The van der Waals surface area contributed by atoms with Gasteiger partial charge in [0, 0.05) is 29.2 Å². The zero-order valence-corrected chi connectivity index (χ0v) is 12.4. The lowest BCUT2D eigenvalue weighted by Gasteiger charge is -2.08. The molecule has 2 aromatic rings. The molecule has 2 aromatic carbocycles. The minimum Gasteiger partial charge on any atom is -0.326 e. The van der Waals surface area contributed by atoms with Crippen molar-refractivity contribution < 1.29 is 8.78 Å². The zero-order chi connectivity index (χ0) is 16.5. The first-order chi connectivity index (χ1) is 11.7. The molecule has 24 heavy (non-hydrogen) atoms. The number of halogens is 2. The summed E-state index contributed by atoms with van der Waals surface area (Å²) >= 11 is 0.